The number of aliphatic hydroxyl groups is 1. The van der Waals surface area contributed by atoms with Crippen molar-refractivity contribution in [2.45, 2.75) is 46.6 Å². The predicted molar refractivity (Wildman–Crippen MR) is 104 cm³/mol. The molecular formula is C15H31IN6O. The second kappa shape index (κ2) is 11.6. The van der Waals surface area contributed by atoms with Crippen molar-refractivity contribution in [3.05, 3.63) is 12.2 Å². The average Bonchev–Trinajstić information content (AvgIpc) is 2.94. The largest absolute Gasteiger partial charge is 0.396 e. The number of guanidine groups is 1. The highest BCUT2D eigenvalue weighted by atomic mass is 127. The number of halogens is 1. The van der Waals surface area contributed by atoms with Crippen molar-refractivity contribution < 1.29 is 5.11 Å². The lowest BCUT2D eigenvalue weighted by atomic mass is 9.79. The van der Waals surface area contributed by atoms with Crippen LogP contribution in [0.1, 0.15) is 45.9 Å². The second-order valence-corrected chi connectivity index (χ2v) is 5.59. The van der Waals surface area contributed by atoms with Crippen LogP contribution in [0.3, 0.4) is 0 Å². The van der Waals surface area contributed by atoms with Gasteiger partial charge in [0.05, 0.1) is 0 Å². The molecule has 0 aliphatic heterocycles. The molecule has 1 aromatic rings. The summed E-state index contributed by atoms with van der Waals surface area (Å²) in [5.41, 5.74) is 0.107. The van der Waals surface area contributed by atoms with Crippen LogP contribution in [-0.4, -0.2) is 45.5 Å². The van der Waals surface area contributed by atoms with Crippen LogP contribution < -0.4 is 10.6 Å². The summed E-state index contributed by atoms with van der Waals surface area (Å²) in [6, 6.07) is 0. The molecule has 134 valence electrons. The van der Waals surface area contributed by atoms with Gasteiger partial charge in [0.2, 0.25) is 0 Å². The Morgan fingerprint density at radius 3 is 2.48 bits per heavy atom. The van der Waals surface area contributed by atoms with Crippen LogP contribution >= 0.6 is 24.0 Å². The molecule has 0 saturated carbocycles. The number of nitrogens with zero attached hydrogens (tertiary/aromatic N) is 4. The summed E-state index contributed by atoms with van der Waals surface area (Å²) in [4.78, 5) is 4.56. The van der Waals surface area contributed by atoms with E-state index < -0.39 is 0 Å². The van der Waals surface area contributed by atoms with Crippen LogP contribution in [-0.2, 0) is 13.6 Å². The molecule has 7 nitrogen and oxygen atoms in total. The molecule has 0 radical (unpaired) electrons. The SMILES string of the molecule is CCNC(=NCc1nncn1C)NCC(CC)(CC)CCO.I. The molecule has 0 fully saturated rings. The number of hydrogen-bond donors (Lipinski definition) is 3. The summed E-state index contributed by atoms with van der Waals surface area (Å²) in [6.07, 6.45) is 4.53. The van der Waals surface area contributed by atoms with Gasteiger partial charge in [-0.3, -0.25) is 0 Å². The molecule has 0 saturated heterocycles. The molecule has 0 amide bonds. The number of rotatable bonds is 9. The third-order valence-corrected chi connectivity index (χ3v) is 4.30. The van der Waals surface area contributed by atoms with Gasteiger partial charge in [0.1, 0.15) is 12.9 Å². The first-order valence-electron chi connectivity index (χ1n) is 8.06. The Bertz CT molecular complexity index is 459. The maximum absolute atomic E-state index is 9.30. The second-order valence-electron chi connectivity index (χ2n) is 5.59. The molecule has 1 rings (SSSR count). The molecule has 0 aromatic carbocycles. The Balaban J connectivity index is 0.00000484. The third-order valence-electron chi connectivity index (χ3n) is 4.30. The van der Waals surface area contributed by atoms with Crippen LogP contribution in [0.25, 0.3) is 0 Å². The van der Waals surface area contributed by atoms with Crippen molar-refractivity contribution in [3.8, 4) is 0 Å². The first kappa shape index (κ1) is 22.1. The molecule has 0 atom stereocenters. The molecule has 23 heavy (non-hydrogen) atoms. The highest BCUT2D eigenvalue weighted by Crippen LogP contribution is 2.29. The number of hydrogen-bond acceptors (Lipinski definition) is 4. The molecule has 0 spiro atoms. The van der Waals surface area contributed by atoms with Gasteiger partial charge in [0.25, 0.3) is 0 Å². The average molecular weight is 438 g/mol. The topological polar surface area (TPSA) is 87.4 Å². The first-order valence-corrected chi connectivity index (χ1v) is 8.06. The Labute approximate surface area is 156 Å². The van der Waals surface area contributed by atoms with E-state index in [0.717, 1.165) is 44.1 Å². The normalized spacial score (nSPS) is 12.0. The van der Waals surface area contributed by atoms with Gasteiger partial charge in [-0.1, -0.05) is 13.8 Å². The summed E-state index contributed by atoms with van der Waals surface area (Å²) >= 11 is 0. The van der Waals surface area contributed by atoms with Gasteiger partial charge in [0.15, 0.2) is 11.8 Å². The lowest BCUT2D eigenvalue weighted by Gasteiger charge is -2.32. The molecule has 0 aliphatic rings. The highest BCUT2D eigenvalue weighted by Gasteiger charge is 2.25. The lowest BCUT2D eigenvalue weighted by Crippen LogP contribution is -2.44. The van der Waals surface area contributed by atoms with Gasteiger partial charge in [0, 0.05) is 26.7 Å². The maximum Gasteiger partial charge on any atom is 0.191 e. The molecule has 0 unspecified atom stereocenters. The van der Waals surface area contributed by atoms with Crippen LogP contribution in [0, 0.1) is 5.41 Å². The zero-order chi connectivity index (χ0) is 16.4. The van der Waals surface area contributed by atoms with Crippen molar-refractivity contribution >= 4 is 29.9 Å². The third kappa shape index (κ3) is 7.03. The van der Waals surface area contributed by atoms with Crippen molar-refractivity contribution in [1.29, 1.82) is 0 Å². The lowest BCUT2D eigenvalue weighted by molar-refractivity contribution is 0.169. The fourth-order valence-electron chi connectivity index (χ4n) is 2.39. The number of aliphatic imine (C=N–C) groups is 1. The summed E-state index contributed by atoms with van der Waals surface area (Å²) in [7, 11) is 1.91. The van der Waals surface area contributed by atoms with E-state index in [1.54, 1.807) is 6.33 Å². The standard InChI is InChI=1S/C15H30N6O.HI/c1-5-15(6-2,8-9-22)11-18-14(16-7-3)17-10-13-20-19-12-21(13)4;/h12,22H,5-11H2,1-4H3,(H2,16,17,18);1H. The monoisotopic (exact) mass is 438 g/mol. The minimum absolute atomic E-state index is 0. The van der Waals surface area contributed by atoms with Gasteiger partial charge in [-0.2, -0.15) is 0 Å². The predicted octanol–water partition coefficient (Wildman–Crippen LogP) is 1.68. The number of aryl methyl sites for hydroxylation is 1. The minimum atomic E-state index is 0. The Morgan fingerprint density at radius 1 is 1.30 bits per heavy atom. The van der Waals surface area contributed by atoms with Crippen LogP contribution in [0.15, 0.2) is 11.3 Å². The van der Waals surface area contributed by atoms with Crippen molar-refractivity contribution in [1.82, 2.24) is 25.4 Å². The number of aromatic nitrogens is 3. The van der Waals surface area contributed by atoms with Crippen LogP contribution in [0.5, 0.6) is 0 Å². The molecule has 3 N–H and O–H groups in total. The van der Waals surface area contributed by atoms with E-state index in [-0.39, 0.29) is 36.0 Å². The summed E-state index contributed by atoms with van der Waals surface area (Å²) < 4.78 is 1.86. The Hall–Kier alpha value is -0.900. The summed E-state index contributed by atoms with van der Waals surface area (Å²) in [6.45, 7) is 8.68. The summed E-state index contributed by atoms with van der Waals surface area (Å²) in [5, 5.41) is 23.8. The maximum atomic E-state index is 9.30. The van der Waals surface area contributed by atoms with Gasteiger partial charge in [-0.15, -0.1) is 34.2 Å². The van der Waals surface area contributed by atoms with E-state index in [2.05, 4.69) is 39.7 Å². The molecule has 1 aromatic heterocycles. The fraction of sp³-hybridized carbons (Fsp3) is 0.800. The van der Waals surface area contributed by atoms with E-state index in [0.29, 0.717) is 6.54 Å². The van der Waals surface area contributed by atoms with Crippen molar-refractivity contribution in [2.75, 3.05) is 19.7 Å². The molecule has 0 aliphatic carbocycles. The van der Waals surface area contributed by atoms with E-state index in [1.807, 2.05) is 18.5 Å². The van der Waals surface area contributed by atoms with Crippen LogP contribution in [0.2, 0.25) is 0 Å². The van der Waals surface area contributed by atoms with Crippen LogP contribution in [0.4, 0.5) is 0 Å². The zero-order valence-electron chi connectivity index (χ0n) is 14.7. The van der Waals surface area contributed by atoms with E-state index in [9.17, 15) is 5.11 Å². The van der Waals surface area contributed by atoms with Crippen molar-refractivity contribution in [3.63, 3.8) is 0 Å². The molecule has 8 heteroatoms. The highest BCUT2D eigenvalue weighted by molar-refractivity contribution is 14.0. The number of nitrogens with one attached hydrogen (secondary N) is 2. The van der Waals surface area contributed by atoms with Gasteiger partial charge in [-0.05, 0) is 31.6 Å². The zero-order valence-corrected chi connectivity index (χ0v) is 17.0. The molecular weight excluding hydrogens is 407 g/mol. The number of aliphatic hydroxyl groups excluding tert-OH is 1. The molecule has 1 heterocycles. The Morgan fingerprint density at radius 2 is 2.00 bits per heavy atom. The van der Waals surface area contributed by atoms with Gasteiger partial charge >= 0.3 is 0 Å². The summed E-state index contributed by atoms with van der Waals surface area (Å²) in [5.74, 6) is 1.60. The van der Waals surface area contributed by atoms with E-state index in [1.165, 1.54) is 0 Å². The smallest absolute Gasteiger partial charge is 0.191 e. The van der Waals surface area contributed by atoms with Gasteiger partial charge in [-0.25, -0.2) is 4.99 Å². The van der Waals surface area contributed by atoms with Crippen molar-refractivity contribution in [2.24, 2.45) is 17.5 Å². The fourth-order valence-corrected chi connectivity index (χ4v) is 2.39. The minimum Gasteiger partial charge on any atom is -0.396 e. The first-order chi connectivity index (χ1) is 10.6. The van der Waals surface area contributed by atoms with Gasteiger partial charge < -0.3 is 20.3 Å². The Kier molecular flexibility index (Phi) is 11.2. The van der Waals surface area contributed by atoms with E-state index >= 15 is 0 Å². The van der Waals surface area contributed by atoms with E-state index in [4.69, 9.17) is 0 Å². The quantitative estimate of drug-likeness (QED) is 0.310. The molecule has 0 bridgehead atoms.